The van der Waals surface area contributed by atoms with Crippen molar-refractivity contribution in [3.63, 3.8) is 0 Å². The zero-order chi connectivity index (χ0) is 9.59. The number of piperidine rings is 1. The molecule has 13 heavy (non-hydrogen) atoms. The van der Waals surface area contributed by atoms with E-state index in [1.54, 1.807) is 0 Å². The van der Waals surface area contributed by atoms with Crippen molar-refractivity contribution in [3.05, 3.63) is 0 Å². The van der Waals surface area contributed by atoms with Gasteiger partial charge in [-0.05, 0) is 19.9 Å². The Balaban J connectivity index is 2.27. The molecule has 0 aliphatic carbocycles. The first-order chi connectivity index (χ1) is 6.11. The SMILES string of the molecule is CN1[C@H]2CC[C@@H]1[C@H](C(=O)O)C(=O)C2. The zero-order valence-corrected chi connectivity index (χ0v) is 7.56. The minimum absolute atomic E-state index is 0.0521. The summed E-state index contributed by atoms with van der Waals surface area (Å²) < 4.78 is 0. The van der Waals surface area contributed by atoms with E-state index in [1.807, 2.05) is 7.05 Å². The largest absolute Gasteiger partial charge is 0.481 e. The predicted molar refractivity (Wildman–Crippen MR) is 45.3 cm³/mol. The highest BCUT2D eigenvalue weighted by atomic mass is 16.4. The van der Waals surface area contributed by atoms with Gasteiger partial charge in [0.1, 0.15) is 11.7 Å². The highest BCUT2D eigenvalue weighted by Gasteiger charge is 2.48. The number of carboxylic acid groups (broad SMARTS) is 1. The molecule has 2 saturated heterocycles. The van der Waals surface area contributed by atoms with Gasteiger partial charge in [-0.2, -0.15) is 0 Å². The number of carbonyl (C=O) groups is 2. The molecule has 2 rings (SSSR count). The van der Waals surface area contributed by atoms with Gasteiger partial charge in [0.2, 0.25) is 0 Å². The standard InChI is InChI=1S/C9H13NO3/c1-10-5-2-3-6(10)8(9(12)13)7(11)4-5/h5-6,8H,2-4H2,1H3,(H,12,13)/t5-,6+,8-/m0/s1. The fourth-order valence-corrected chi connectivity index (χ4v) is 2.57. The van der Waals surface area contributed by atoms with Gasteiger partial charge < -0.3 is 5.11 Å². The molecule has 0 radical (unpaired) electrons. The van der Waals surface area contributed by atoms with Crippen LogP contribution in [-0.4, -0.2) is 40.9 Å². The molecular formula is C9H13NO3. The first-order valence-electron chi connectivity index (χ1n) is 4.58. The molecule has 0 spiro atoms. The molecule has 0 unspecified atom stereocenters. The van der Waals surface area contributed by atoms with Crippen molar-refractivity contribution >= 4 is 11.8 Å². The van der Waals surface area contributed by atoms with Gasteiger partial charge in [-0.15, -0.1) is 0 Å². The molecule has 0 aromatic carbocycles. The van der Waals surface area contributed by atoms with E-state index in [0.717, 1.165) is 12.8 Å². The van der Waals surface area contributed by atoms with Gasteiger partial charge in [0.25, 0.3) is 0 Å². The van der Waals surface area contributed by atoms with Crippen molar-refractivity contribution in [2.75, 3.05) is 7.05 Å². The maximum absolute atomic E-state index is 11.4. The molecule has 0 aromatic heterocycles. The summed E-state index contributed by atoms with van der Waals surface area (Å²) in [6.45, 7) is 0. The monoisotopic (exact) mass is 183 g/mol. The molecule has 0 saturated carbocycles. The summed E-state index contributed by atoms with van der Waals surface area (Å²) in [7, 11) is 1.92. The number of carbonyl (C=O) groups excluding carboxylic acids is 1. The van der Waals surface area contributed by atoms with E-state index in [0.29, 0.717) is 12.5 Å². The summed E-state index contributed by atoms with van der Waals surface area (Å²) in [4.78, 5) is 24.3. The summed E-state index contributed by atoms with van der Waals surface area (Å²) in [5.74, 6) is -1.82. The normalized spacial score (nSPS) is 39.5. The van der Waals surface area contributed by atoms with Crippen LogP contribution in [0.25, 0.3) is 0 Å². The second-order valence-corrected chi connectivity index (χ2v) is 3.95. The summed E-state index contributed by atoms with van der Waals surface area (Å²) in [6, 6.07) is 0.247. The van der Waals surface area contributed by atoms with Crippen LogP contribution < -0.4 is 0 Å². The van der Waals surface area contributed by atoms with Crippen LogP contribution in [0.15, 0.2) is 0 Å². The van der Waals surface area contributed by atoms with Crippen LogP contribution in [0.5, 0.6) is 0 Å². The number of Topliss-reactive ketones (excluding diaryl/α,β-unsaturated/α-hetero) is 1. The third kappa shape index (κ3) is 1.16. The molecule has 4 heteroatoms. The quantitative estimate of drug-likeness (QED) is 0.587. The third-order valence-corrected chi connectivity index (χ3v) is 3.33. The molecule has 2 bridgehead atoms. The summed E-state index contributed by atoms with van der Waals surface area (Å²) in [6.07, 6.45) is 2.24. The van der Waals surface area contributed by atoms with E-state index in [1.165, 1.54) is 0 Å². The van der Waals surface area contributed by atoms with E-state index >= 15 is 0 Å². The van der Waals surface area contributed by atoms with Crippen LogP contribution in [0.2, 0.25) is 0 Å². The van der Waals surface area contributed by atoms with Crippen molar-refractivity contribution < 1.29 is 14.7 Å². The first-order valence-corrected chi connectivity index (χ1v) is 4.58. The van der Waals surface area contributed by atoms with Gasteiger partial charge in [0, 0.05) is 18.5 Å². The number of ketones is 1. The van der Waals surface area contributed by atoms with Crippen LogP contribution in [0.4, 0.5) is 0 Å². The van der Waals surface area contributed by atoms with Crippen LogP contribution in [0, 0.1) is 5.92 Å². The molecule has 2 aliphatic rings. The molecule has 4 nitrogen and oxygen atoms in total. The number of hydrogen-bond donors (Lipinski definition) is 1. The number of carboxylic acids is 1. The zero-order valence-electron chi connectivity index (χ0n) is 7.56. The highest BCUT2D eigenvalue weighted by Crippen LogP contribution is 2.35. The molecule has 2 heterocycles. The second kappa shape index (κ2) is 2.80. The second-order valence-electron chi connectivity index (χ2n) is 3.95. The summed E-state index contributed by atoms with van der Waals surface area (Å²) in [5, 5.41) is 8.90. The van der Waals surface area contributed by atoms with Crippen LogP contribution in [0.3, 0.4) is 0 Å². The molecule has 0 aromatic rings. The van der Waals surface area contributed by atoms with Crippen molar-refractivity contribution in [3.8, 4) is 0 Å². The van der Waals surface area contributed by atoms with Crippen molar-refractivity contribution in [2.45, 2.75) is 31.3 Å². The van der Waals surface area contributed by atoms with Gasteiger partial charge in [0.05, 0.1) is 0 Å². The molecule has 72 valence electrons. The lowest BCUT2D eigenvalue weighted by molar-refractivity contribution is -0.151. The molecule has 2 aliphatic heterocycles. The number of fused-ring (bicyclic) bond motifs is 2. The molecule has 3 atom stereocenters. The van der Waals surface area contributed by atoms with E-state index in [9.17, 15) is 9.59 Å². The average Bonchev–Trinajstić information content (AvgIpc) is 2.34. The van der Waals surface area contributed by atoms with Gasteiger partial charge in [-0.3, -0.25) is 14.5 Å². The molecule has 2 fully saturated rings. The van der Waals surface area contributed by atoms with Crippen LogP contribution in [0.1, 0.15) is 19.3 Å². The molecule has 1 N–H and O–H groups in total. The Morgan fingerprint density at radius 2 is 2.23 bits per heavy atom. The summed E-state index contributed by atoms with van der Waals surface area (Å²) in [5.41, 5.74) is 0. The van der Waals surface area contributed by atoms with Crippen molar-refractivity contribution in [1.29, 1.82) is 0 Å². The fraction of sp³-hybridized carbons (Fsp3) is 0.778. The Morgan fingerprint density at radius 3 is 2.85 bits per heavy atom. The fourth-order valence-electron chi connectivity index (χ4n) is 2.57. The number of aliphatic carboxylic acids is 1. The van der Waals surface area contributed by atoms with Crippen molar-refractivity contribution in [2.24, 2.45) is 5.92 Å². The van der Waals surface area contributed by atoms with E-state index in [2.05, 4.69) is 4.90 Å². The average molecular weight is 183 g/mol. The number of rotatable bonds is 1. The molecule has 0 amide bonds. The number of hydrogen-bond acceptors (Lipinski definition) is 3. The predicted octanol–water partition coefficient (Wildman–Crippen LogP) is 0.123. The lowest BCUT2D eigenvalue weighted by Crippen LogP contribution is -2.49. The Bertz CT molecular complexity index is 264. The maximum Gasteiger partial charge on any atom is 0.315 e. The maximum atomic E-state index is 11.4. The lowest BCUT2D eigenvalue weighted by atomic mass is 9.89. The smallest absolute Gasteiger partial charge is 0.315 e. The van der Waals surface area contributed by atoms with E-state index in [-0.39, 0.29) is 11.8 Å². The van der Waals surface area contributed by atoms with Gasteiger partial charge in [0.15, 0.2) is 0 Å². The van der Waals surface area contributed by atoms with Crippen LogP contribution >= 0.6 is 0 Å². The van der Waals surface area contributed by atoms with Crippen LogP contribution in [-0.2, 0) is 9.59 Å². The van der Waals surface area contributed by atoms with Crippen molar-refractivity contribution in [1.82, 2.24) is 4.90 Å². The highest BCUT2D eigenvalue weighted by molar-refractivity contribution is 6.00. The third-order valence-electron chi connectivity index (χ3n) is 3.33. The van der Waals surface area contributed by atoms with E-state index < -0.39 is 11.9 Å². The minimum Gasteiger partial charge on any atom is -0.481 e. The Hall–Kier alpha value is -0.900. The number of nitrogens with zero attached hydrogens (tertiary/aromatic N) is 1. The van der Waals surface area contributed by atoms with Gasteiger partial charge in [-0.25, -0.2) is 0 Å². The minimum atomic E-state index is -0.956. The topological polar surface area (TPSA) is 57.6 Å². The Kier molecular flexibility index (Phi) is 1.87. The molecular weight excluding hydrogens is 170 g/mol. The van der Waals surface area contributed by atoms with Gasteiger partial charge in [-0.1, -0.05) is 0 Å². The van der Waals surface area contributed by atoms with E-state index in [4.69, 9.17) is 5.11 Å². The first kappa shape index (κ1) is 8.69. The Morgan fingerprint density at radius 1 is 1.54 bits per heavy atom. The summed E-state index contributed by atoms with van der Waals surface area (Å²) >= 11 is 0. The Labute approximate surface area is 76.5 Å². The van der Waals surface area contributed by atoms with Gasteiger partial charge >= 0.3 is 5.97 Å². The lowest BCUT2D eigenvalue weighted by Gasteiger charge is -2.34.